The van der Waals surface area contributed by atoms with E-state index < -0.39 is 0 Å². The van der Waals surface area contributed by atoms with Gasteiger partial charge in [0, 0.05) is 11.8 Å². The van der Waals surface area contributed by atoms with Gasteiger partial charge in [0.1, 0.15) is 6.10 Å². The van der Waals surface area contributed by atoms with Crippen LogP contribution in [0.3, 0.4) is 0 Å². The van der Waals surface area contributed by atoms with Gasteiger partial charge in [-0.25, -0.2) is 0 Å². The fourth-order valence-electron chi connectivity index (χ4n) is 4.28. The number of hydrogen-bond acceptors (Lipinski definition) is 4. The van der Waals surface area contributed by atoms with E-state index in [1.807, 2.05) is 18.2 Å². The van der Waals surface area contributed by atoms with E-state index in [0.717, 1.165) is 24.1 Å². The highest BCUT2D eigenvalue weighted by Crippen LogP contribution is 2.56. The van der Waals surface area contributed by atoms with Gasteiger partial charge in [0.2, 0.25) is 0 Å². The van der Waals surface area contributed by atoms with Gasteiger partial charge in [-0.1, -0.05) is 35.5 Å². The molecule has 104 valence electrons. The fraction of sp³-hybridized carbons (Fsp3) is 0.500. The Bertz CT molecular complexity index is 568. The zero-order valence-electron chi connectivity index (χ0n) is 11.4. The number of carbonyl (C=O) groups excluding carboxylic acids is 1. The SMILES string of the molecule is COC(=O)[C@H]1C[C@@H]2C[C@H]1[C@H]1C(c3ccccc3)=NO[C@@H]21. The van der Waals surface area contributed by atoms with Crippen LogP contribution in [0.15, 0.2) is 35.5 Å². The summed E-state index contributed by atoms with van der Waals surface area (Å²) < 4.78 is 4.96. The van der Waals surface area contributed by atoms with Crippen LogP contribution in [-0.2, 0) is 14.4 Å². The van der Waals surface area contributed by atoms with E-state index in [1.165, 1.54) is 7.11 Å². The van der Waals surface area contributed by atoms with Crippen LogP contribution in [0.2, 0.25) is 0 Å². The van der Waals surface area contributed by atoms with E-state index in [1.54, 1.807) is 0 Å². The van der Waals surface area contributed by atoms with Gasteiger partial charge in [-0.05, 0) is 24.3 Å². The molecule has 0 aromatic heterocycles. The number of hydrogen-bond donors (Lipinski definition) is 0. The van der Waals surface area contributed by atoms with Crippen molar-refractivity contribution in [3.8, 4) is 0 Å². The van der Waals surface area contributed by atoms with E-state index in [-0.39, 0.29) is 23.9 Å². The molecule has 1 heterocycles. The zero-order valence-corrected chi connectivity index (χ0v) is 11.4. The first-order valence-electron chi connectivity index (χ1n) is 7.16. The Labute approximate surface area is 117 Å². The van der Waals surface area contributed by atoms with Crippen LogP contribution in [-0.4, -0.2) is 24.9 Å². The normalized spacial score (nSPS) is 37.2. The molecule has 0 saturated heterocycles. The lowest BCUT2D eigenvalue weighted by Gasteiger charge is -2.28. The third kappa shape index (κ3) is 1.54. The minimum Gasteiger partial charge on any atom is -0.469 e. The van der Waals surface area contributed by atoms with Gasteiger partial charge in [0.15, 0.2) is 0 Å². The molecule has 4 heteroatoms. The lowest BCUT2D eigenvalue weighted by Crippen LogP contribution is -2.37. The van der Waals surface area contributed by atoms with E-state index in [2.05, 4.69) is 17.3 Å². The first-order valence-corrected chi connectivity index (χ1v) is 7.16. The number of rotatable bonds is 2. The fourth-order valence-corrected chi connectivity index (χ4v) is 4.28. The summed E-state index contributed by atoms with van der Waals surface area (Å²) in [4.78, 5) is 17.6. The molecule has 1 aromatic carbocycles. The molecule has 0 radical (unpaired) electrons. The highest BCUT2D eigenvalue weighted by molar-refractivity contribution is 6.03. The second kappa shape index (κ2) is 4.33. The summed E-state index contributed by atoms with van der Waals surface area (Å²) in [5.74, 6) is 0.954. The lowest BCUT2D eigenvalue weighted by molar-refractivity contribution is -0.148. The Kier molecular flexibility index (Phi) is 2.59. The average molecular weight is 271 g/mol. The molecule has 2 fully saturated rings. The van der Waals surface area contributed by atoms with Crippen LogP contribution in [0, 0.1) is 23.7 Å². The van der Waals surface area contributed by atoms with Crippen molar-refractivity contribution in [2.75, 3.05) is 7.11 Å². The number of ether oxygens (including phenoxy) is 1. The predicted molar refractivity (Wildman–Crippen MR) is 73.1 cm³/mol. The van der Waals surface area contributed by atoms with E-state index in [9.17, 15) is 4.79 Å². The Morgan fingerprint density at radius 2 is 2.10 bits per heavy atom. The van der Waals surface area contributed by atoms with Crippen molar-refractivity contribution >= 4 is 11.7 Å². The molecule has 0 unspecified atom stereocenters. The van der Waals surface area contributed by atoms with Crippen LogP contribution < -0.4 is 0 Å². The van der Waals surface area contributed by atoms with E-state index in [0.29, 0.717) is 11.8 Å². The molecular weight excluding hydrogens is 254 g/mol. The van der Waals surface area contributed by atoms with Gasteiger partial charge in [-0.15, -0.1) is 0 Å². The minimum absolute atomic E-state index is 0.0156. The van der Waals surface area contributed by atoms with Crippen molar-refractivity contribution in [2.45, 2.75) is 18.9 Å². The van der Waals surface area contributed by atoms with Crippen molar-refractivity contribution in [3.05, 3.63) is 35.9 Å². The number of fused-ring (bicyclic) bond motifs is 5. The van der Waals surface area contributed by atoms with Crippen molar-refractivity contribution < 1.29 is 14.4 Å². The second-order valence-corrected chi connectivity index (χ2v) is 5.96. The number of benzene rings is 1. The lowest BCUT2D eigenvalue weighted by atomic mass is 9.75. The topological polar surface area (TPSA) is 47.9 Å². The molecular formula is C16H17NO3. The van der Waals surface area contributed by atoms with Gasteiger partial charge < -0.3 is 9.57 Å². The molecule has 3 aliphatic rings. The highest BCUT2D eigenvalue weighted by atomic mass is 16.6. The maximum atomic E-state index is 11.9. The van der Waals surface area contributed by atoms with Crippen LogP contribution in [0.25, 0.3) is 0 Å². The summed E-state index contributed by atoms with van der Waals surface area (Å²) in [5, 5.41) is 4.32. The summed E-state index contributed by atoms with van der Waals surface area (Å²) in [6.45, 7) is 0. The monoisotopic (exact) mass is 271 g/mol. The summed E-state index contributed by atoms with van der Waals surface area (Å²) >= 11 is 0. The molecule has 4 nitrogen and oxygen atoms in total. The van der Waals surface area contributed by atoms with Crippen LogP contribution >= 0.6 is 0 Å². The molecule has 20 heavy (non-hydrogen) atoms. The van der Waals surface area contributed by atoms with E-state index in [4.69, 9.17) is 9.57 Å². The number of methoxy groups -OCH3 is 1. The molecule has 2 saturated carbocycles. The average Bonchev–Trinajstić information content (AvgIpc) is 3.18. The van der Waals surface area contributed by atoms with Crippen molar-refractivity contribution in [1.82, 2.24) is 0 Å². The van der Waals surface area contributed by atoms with Crippen molar-refractivity contribution in [3.63, 3.8) is 0 Å². The van der Waals surface area contributed by atoms with Crippen LogP contribution in [0.5, 0.6) is 0 Å². The van der Waals surface area contributed by atoms with Gasteiger partial charge in [0.05, 0.1) is 18.7 Å². The maximum Gasteiger partial charge on any atom is 0.308 e. The van der Waals surface area contributed by atoms with Crippen LogP contribution in [0.4, 0.5) is 0 Å². The van der Waals surface area contributed by atoms with Crippen LogP contribution in [0.1, 0.15) is 18.4 Å². The molecule has 0 N–H and O–H groups in total. The number of esters is 1. The van der Waals surface area contributed by atoms with Crippen molar-refractivity contribution in [1.29, 1.82) is 0 Å². The summed E-state index contributed by atoms with van der Waals surface area (Å²) in [6.07, 6.45) is 2.10. The van der Waals surface area contributed by atoms with Crippen molar-refractivity contribution in [2.24, 2.45) is 28.8 Å². The third-order valence-corrected chi connectivity index (χ3v) is 5.09. The molecule has 0 amide bonds. The van der Waals surface area contributed by atoms with Gasteiger partial charge in [-0.2, -0.15) is 0 Å². The van der Waals surface area contributed by atoms with Gasteiger partial charge in [-0.3, -0.25) is 4.79 Å². The molecule has 4 rings (SSSR count). The van der Waals surface area contributed by atoms with Gasteiger partial charge >= 0.3 is 5.97 Å². The molecule has 1 aliphatic heterocycles. The smallest absolute Gasteiger partial charge is 0.308 e. The highest BCUT2D eigenvalue weighted by Gasteiger charge is 2.60. The minimum atomic E-state index is -0.0738. The first kappa shape index (κ1) is 11.9. The quantitative estimate of drug-likeness (QED) is 0.775. The summed E-state index contributed by atoms with van der Waals surface area (Å²) in [7, 11) is 1.48. The Morgan fingerprint density at radius 1 is 1.30 bits per heavy atom. The predicted octanol–water partition coefficient (Wildman–Crippen LogP) is 2.23. The van der Waals surface area contributed by atoms with E-state index >= 15 is 0 Å². The van der Waals surface area contributed by atoms with Gasteiger partial charge in [0.25, 0.3) is 0 Å². The number of carbonyl (C=O) groups is 1. The standard InChI is InChI=1S/C16H17NO3/c1-19-16(18)12-8-10-7-11(12)13-14(17-20-15(10)13)9-5-3-2-4-6-9/h2-6,10-13,15H,7-8H2,1H3/t10-,11+,12-,13-,15-/m0/s1. The molecule has 0 spiro atoms. The molecule has 5 atom stereocenters. The zero-order chi connectivity index (χ0) is 13.7. The number of oxime groups is 1. The maximum absolute atomic E-state index is 11.9. The second-order valence-electron chi connectivity index (χ2n) is 5.96. The third-order valence-electron chi connectivity index (χ3n) is 5.09. The Balaban J connectivity index is 1.65. The summed E-state index contributed by atoms with van der Waals surface area (Å²) in [5.41, 5.74) is 2.12. The molecule has 1 aromatic rings. The Morgan fingerprint density at radius 3 is 2.85 bits per heavy atom. The summed E-state index contributed by atoms with van der Waals surface area (Å²) in [6, 6.07) is 10.1. The largest absolute Gasteiger partial charge is 0.469 e. The number of nitrogens with zero attached hydrogens (tertiary/aromatic N) is 1. The molecule has 2 bridgehead atoms. The molecule has 2 aliphatic carbocycles. The first-order chi connectivity index (χ1) is 9.79. The Hall–Kier alpha value is -1.84.